The largest absolute Gasteiger partial charge is 0.396 e. The third-order valence-corrected chi connectivity index (χ3v) is 1.04. The van der Waals surface area contributed by atoms with E-state index in [0.717, 1.165) is 0 Å². The van der Waals surface area contributed by atoms with Gasteiger partial charge in [0.25, 0.3) is 0 Å². The summed E-state index contributed by atoms with van der Waals surface area (Å²) in [4.78, 5) is 0. The van der Waals surface area contributed by atoms with Gasteiger partial charge in [-0.05, 0) is 20.3 Å². The zero-order valence-electron chi connectivity index (χ0n) is 5.31. The molecule has 0 atom stereocenters. The van der Waals surface area contributed by atoms with Crippen LogP contribution < -0.4 is 0 Å². The number of hydrogen-bond acceptors (Lipinski definition) is 2. The second kappa shape index (κ2) is 2.68. The monoisotopic (exact) mass is 113 g/mol. The Kier molecular flexibility index (Phi) is 2.50. The van der Waals surface area contributed by atoms with E-state index in [1.807, 2.05) is 13.8 Å². The van der Waals surface area contributed by atoms with Crippen LogP contribution in [0.1, 0.15) is 20.3 Å². The number of aliphatic hydroxyl groups excluding tert-OH is 1. The average molecular weight is 113 g/mol. The predicted molar refractivity (Wildman–Crippen MR) is 31.1 cm³/mol. The molecule has 46 valence electrons. The summed E-state index contributed by atoms with van der Waals surface area (Å²) in [5, 5.41) is 16.7. The van der Waals surface area contributed by atoms with Gasteiger partial charge in [-0.25, -0.2) is 0 Å². The van der Waals surface area contributed by atoms with Gasteiger partial charge in [0.1, 0.15) is 0 Å². The summed E-state index contributed by atoms with van der Waals surface area (Å²) in [6.07, 6.45) is 0.559. The van der Waals surface area contributed by atoms with Gasteiger partial charge in [0.2, 0.25) is 0 Å². The smallest absolute Gasteiger partial charge is 0.0684 e. The van der Waals surface area contributed by atoms with Crippen LogP contribution in [0.2, 0.25) is 0 Å². The lowest BCUT2D eigenvalue weighted by Crippen LogP contribution is -2.09. The van der Waals surface area contributed by atoms with Crippen molar-refractivity contribution in [1.29, 1.82) is 5.26 Å². The summed E-state index contributed by atoms with van der Waals surface area (Å²) in [6, 6.07) is 2.08. The number of rotatable bonds is 2. The predicted octanol–water partition coefficient (Wildman–Crippen LogP) is 0.919. The van der Waals surface area contributed by atoms with Gasteiger partial charge in [0.05, 0.1) is 11.5 Å². The molecule has 1 N–H and O–H groups in total. The van der Waals surface area contributed by atoms with Crippen LogP contribution in [0.5, 0.6) is 0 Å². The minimum atomic E-state index is -0.352. The van der Waals surface area contributed by atoms with Crippen molar-refractivity contribution in [3.05, 3.63) is 0 Å². The first-order valence-corrected chi connectivity index (χ1v) is 2.64. The summed E-state index contributed by atoms with van der Waals surface area (Å²) >= 11 is 0. The minimum Gasteiger partial charge on any atom is -0.396 e. The Hall–Kier alpha value is -0.550. The quantitative estimate of drug-likeness (QED) is 0.578. The summed E-state index contributed by atoms with van der Waals surface area (Å²) in [5.74, 6) is 0. The van der Waals surface area contributed by atoms with Gasteiger partial charge in [-0.15, -0.1) is 0 Å². The van der Waals surface area contributed by atoms with Crippen LogP contribution >= 0.6 is 0 Å². The number of aliphatic hydroxyl groups is 1. The van der Waals surface area contributed by atoms with E-state index in [0.29, 0.717) is 6.42 Å². The second-order valence-corrected chi connectivity index (χ2v) is 2.47. The van der Waals surface area contributed by atoms with Crippen LogP contribution in [0, 0.1) is 16.7 Å². The Morgan fingerprint density at radius 1 is 1.62 bits per heavy atom. The molecule has 0 saturated carbocycles. The van der Waals surface area contributed by atoms with Gasteiger partial charge in [-0.1, -0.05) is 0 Å². The maximum atomic E-state index is 8.38. The van der Waals surface area contributed by atoms with E-state index in [-0.39, 0.29) is 12.0 Å². The summed E-state index contributed by atoms with van der Waals surface area (Å²) < 4.78 is 0. The Morgan fingerprint density at radius 2 is 2.12 bits per heavy atom. The molecule has 0 bridgehead atoms. The third-order valence-electron chi connectivity index (χ3n) is 1.04. The maximum Gasteiger partial charge on any atom is 0.0684 e. The van der Waals surface area contributed by atoms with Gasteiger partial charge in [0, 0.05) is 6.61 Å². The molecule has 0 aliphatic rings. The number of hydrogen-bond donors (Lipinski definition) is 1. The van der Waals surface area contributed by atoms with Crippen molar-refractivity contribution in [3.8, 4) is 6.07 Å². The Bertz CT molecular complexity index is 102. The van der Waals surface area contributed by atoms with Crippen LogP contribution in [-0.4, -0.2) is 11.7 Å². The molecule has 8 heavy (non-hydrogen) atoms. The highest BCUT2D eigenvalue weighted by atomic mass is 16.3. The van der Waals surface area contributed by atoms with Crippen molar-refractivity contribution in [2.75, 3.05) is 6.61 Å². The van der Waals surface area contributed by atoms with Crippen LogP contribution in [-0.2, 0) is 0 Å². The van der Waals surface area contributed by atoms with E-state index in [9.17, 15) is 0 Å². The lowest BCUT2D eigenvalue weighted by atomic mass is 9.92. The van der Waals surface area contributed by atoms with Gasteiger partial charge < -0.3 is 5.11 Å². The van der Waals surface area contributed by atoms with Crippen LogP contribution in [0.4, 0.5) is 0 Å². The fraction of sp³-hybridized carbons (Fsp3) is 0.833. The second-order valence-electron chi connectivity index (χ2n) is 2.47. The molecule has 0 heterocycles. The molecule has 0 fully saturated rings. The van der Waals surface area contributed by atoms with Gasteiger partial charge in [-0.3, -0.25) is 0 Å². The molecular weight excluding hydrogens is 102 g/mol. The summed E-state index contributed by atoms with van der Waals surface area (Å²) in [5.41, 5.74) is -0.352. The molecule has 0 aromatic carbocycles. The molecule has 2 nitrogen and oxygen atoms in total. The standard InChI is InChI=1S/C6H11NO/c1-6(2,5-7)3-4-8/h8H,3-4H2,1-2H3. The van der Waals surface area contributed by atoms with E-state index >= 15 is 0 Å². The molecule has 0 aromatic rings. The Balaban J connectivity index is 3.59. The normalized spacial score (nSPS) is 10.8. The molecule has 0 aliphatic heterocycles. The Morgan fingerprint density at radius 3 is 2.25 bits per heavy atom. The Labute approximate surface area is 49.8 Å². The topological polar surface area (TPSA) is 44.0 Å². The van der Waals surface area contributed by atoms with Crippen molar-refractivity contribution >= 4 is 0 Å². The molecule has 0 radical (unpaired) electrons. The number of nitriles is 1. The van der Waals surface area contributed by atoms with Gasteiger partial charge in [-0.2, -0.15) is 5.26 Å². The molecule has 0 spiro atoms. The van der Waals surface area contributed by atoms with E-state index < -0.39 is 0 Å². The highest BCUT2D eigenvalue weighted by molar-refractivity contribution is 4.90. The van der Waals surface area contributed by atoms with Crippen LogP contribution in [0.3, 0.4) is 0 Å². The first-order chi connectivity index (χ1) is 3.62. The van der Waals surface area contributed by atoms with Crippen molar-refractivity contribution < 1.29 is 5.11 Å². The van der Waals surface area contributed by atoms with Gasteiger partial charge >= 0.3 is 0 Å². The molecule has 0 aromatic heterocycles. The zero-order valence-corrected chi connectivity index (χ0v) is 5.31. The minimum absolute atomic E-state index is 0.0978. The van der Waals surface area contributed by atoms with Crippen LogP contribution in [0.15, 0.2) is 0 Å². The fourth-order valence-corrected chi connectivity index (χ4v) is 0.335. The SMILES string of the molecule is CC(C)(C#N)CCO. The lowest BCUT2D eigenvalue weighted by molar-refractivity contribution is 0.244. The van der Waals surface area contributed by atoms with E-state index in [1.165, 1.54) is 0 Å². The first-order valence-electron chi connectivity index (χ1n) is 2.64. The first kappa shape index (κ1) is 7.45. The van der Waals surface area contributed by atoms with E-state index in [2.05, 4.69) is 6.07 Å². The van der Waals surface area contributed by atoms with Gasteiger partial charge in [0.15, 0.2) is 0 Å². The molecular formula is C6H11NO. The van der Waals surface area contributed by atoms with Crippen molar-refractivity contribution in [2.45, 2.75) is 20.3 Å². The van der Waals surface area contributed by atoms with Crippen molar-refractivity contribution in [1.82, 2.24) is 0 Å². The van der Waals surface area contributed by atoms with Crippen molar-refractivity contribution in [3.63, 3.8) is 0 Å². The molecule has 2 heteroatoms. The van der Waals surface area contributed by atoms with E-state index in [1.54, 1.807) is 0 Å². The maximum absolute atomic E-state index is 8.38. The fourth-order valence-electron chi connectivity index (χ4n) is 0.335. The van der Waals surface area contributed by atoms with Crippen molar-refractivity contribution in [2.24, 2.45) is 5.41 Å². The summed E-state index contributed by atoms with van der Waals surface area (Å²) in [7, 11) is 0. The number of nitrogens with zero attached hydrogens (tertiary/aromatic N) is 1. The highest BCUT2D eigenvalue weighted by Crippen LogP contribution is 2.16. The zero-order chi connectivity index (χ0) is 6.62. The molecule has 0 rings (SSSR count). The molecule has 0 saturated heterocycles. The highest BCUT2D eigenvalue weighted by Gasteiger charge is 2.14. The van der Waals surface area contributed by atoms with Crippen LogP contribution in [0.25, 0.3) is 0 Å². The summed E-state index contributed by atoms with van der Waals surface area (Å²) in [6.45, 7) is 3.72. The van der Waals surface area contributed by atoms with E-state index in [4.69, 9.17) is 10.4 Å². The molecule has 0 unspecified atom stereocenters. The molecule has 0 amide bonds. The molecule has 0 aliphatic carbocycles. The average Bonchev–Trinajstić information content (AvgIpc) is 1.67. The lowest BCUT2D eigenvalue weighted by Gasteiger charge is -2.10. The third kappa shape index (κ3) is 2.59.